The van der Waals surface area contributed by atoms with Gasteiger partial charge in [-0.05, 0) is 6.92 Å². The molecule has 1 atom stereocenters. The van der Waals surface area contributed by atoms with E-state index in [1.54, 1.807) is 0 Å². The number of nitrogens with zero attached hydrogens (tertiary/aromatic N) is 1. The lowest BCUT2D eigenvalue weighted by atomic mass is 10.4. The van der Waals surface area contributed by atoms with Crippen LogP contribution in [-0.4, -0.2) is 36.9 Å². The molecule has 0 aliphatic heterocycles. The van der Waals surface area contributed by atoms with Gasteiger partial charge in [-0.2, -0.15) is 0 Å². The van der Waals surface area contributed by atoms with Crippen LogP contribution in [0.2, 0.25) is 0 Å². The Hall–Kier alpha value is -0.460. The predicted molar refractivity (Wildman–Crippen MR) is 32.8 cm³/mol. The van der Waals surface area contributed by atoms with Crippen LogP contribution in [0.1, 0.15) is 6.92 Å². The van der Waals surface area contributed by atoms with Crippen molar-refractivity contribution in [3.05, 3.63) is 0 Å². The summed E-state index contributed by atoms with van der Waals surface area (Å²) >= 11 is 0. The number of hydroxylamine groups is 1. The fourth-order valence-electron chi connectivity index (χ4n) is 0.324. The molecule has 0 aliphatic carbocycles. The van der Waals surface area contributed by atoms with E-state index in [0.717, 1.165) is 6.92 Å². The van der Waals surface area contributed by atoms with Crippen molar-refractivity contribution in [2.45, 2.75) is 13.0 Å². The summed E-state index contributed by atoms with van der Waals surface area (Å²) in [6, 6.07) is -1.63. The van der Waals surface area contributed by atoms with Crippen molar-refractivity contribution in [3.8, 4) is 0 Å². The lowest BCUT2D eigenvalue weighted by Crippen LogP contribution is -2.33. The van der Waals surface area contributed by atoms with Gasteiger partial charge in [-0.15, -0.1) is 0 Å². The molecule has 0 amide bonds. The van der Waals surface area contributed by atoms with E-state index in [4.69, 9.17) is 20.1 Å². The van der Waals surface area contributed by atoms with Crippen LogP contribution in [0.3, 0.4) is 0 Å². The van der Waals surface area contributed by atoms with Crippen LogP contribution < -0.4 is 0 Å². The molecule has 4 N–H and O–H groups in total. The second kappa shape index (κ2) is 3.29. The van der Waals surface area contributed by atoms with E-state index < -0.39 is 24.6 Å². The number of carboxylic acids is 1. The molecule has 0 rings (SSSR count). The lowest BCUT2D eigenvalue weighted by molar-refractivity contribution is -0.152. The molecule has 0 fully saturated rings. The minimum atomic E-state index is -4.86. The maximum Gasteiger partial charge on any atom is 0.426 e. The molecular formula is C3H8NO6P. The Kier molecular flexibility index (Phi) is 3.15. The van der Waals surface area contributed by atoms with E-state index in [-0.39, 0.29) is 0 Å². The van der Waals surface area contributed by atoms with Gasteiger partial charge >= 0.3 is 13.7 Å². The zero-order chi connectivity index (χ0) is 9.23. The molecule has 0 heterocycles. The molecule has 0 spiro atoms. The number of aliphatic carboxylic acids is 1. The van der Waals surface area contributed by atoms with Crippen molar-refractivity contribution in [3.63, 3.8) is 0 Å². The zero-order valence-electron chi connectivity index (χ0n) is 5.58. The number of hydrogen-bond donors (Lipinski definition) is 4. The monoisotopic (exact) mass is 185 g/mol. The molecule has 0 radical (unpaired) electrons. The molecule has 66 valence electrons. The maximum atomic E-state index is 10.2. The SMILES string of the molecule is CC(C(=O)O)N(O)P(=O)(O)O. The Morgan fingerprint density at radius 3 is 2.00 bits per heavy atom. The van der Waals surface area contributed by atoms with E-state index in [1.807, 2.05) is 0 Å². The Morgan fingerprint density at radius 2 is 1.91 bits per heavy atom. The van der Waals surface area contributed by atoms with Gasteiger partial charge in [-0.1, -0.05) is 4.83 Å². The highest BCUT2D eigenvalue weighted by Crippen LogP contribution is 2.39. The fraction of sp³-hybridized carbons (Fsp3) is 0.667. The molecule has 0 aliphatic rings. The van der Waals surface area contributed by atoms with E-state index in [9.17, 15) is 9.36 Å². The normalized spacial score (nSPS) is 15.0. The molecule has 1 unspecified atom stereocenters. The second-order valence-corrected chi connectivity index (χ2v) is 3.28. The molecular weight excluding hydrogens is 177 g/mol. The summed E-state index contributed by atoms with van der Waals surface area (Å²) in [5.74, 6) is -1.52. The number of carboxylic acid groups (broad SMARTS) is 1. The first kappa shape index (κ1) is 10.5. The van der Waals surface area contributed by atoms with Crippen LogP contribution in [-0.2, 0) is 9.36 Å². The van der Waals surface area contributed by atoms with Crippen molar-refractivity contribution in [1.82, 2.24) is 4.83 Å². The summed E-state index contributed by atoms with van der Waals surface area (Å²) in [5.41, 5.74) is 0. The average molecular weight is 185 g/mol. The molecule has 8 heteroatoms. The highest BCUT2D eigenvalue weighted by atomic mass is 31.2. The molecule has 11 heavy (non-hydrogen) atoms. The largest absolute Gasteiger partial charge is 0.480 e. The minimum absolute atomic E-state index is 0.505. The van der Waals surface area contributed by atoms with Crippen molar-refractivity contribution in [2.75, 3.05) is 0 Å². The molecule has 0 aromatic heterocycles. The molecule has 0 bridgehead atoms. The molecule has 0 aromatic carbocycles. The Morgan fingerprint density at radius 1 is 1.55 bits per heavy atom. The second-order valence-electron chi connectivity index (χ2n) is 1.85. The Labute approximate surface area is 62.0 Å². The van der Waals surface area contributed by atoms with Crippen molar-refractivity contribution in [1.29, 1.82) is 0 Å². The number of hydrogen-bond acceptors (Lipinski definition) is 3. The molecule has 0 saturated heterocycles. The van der Waals surface area contributed by atoms with Gasteiger partial charge in [0.05, 0.1) is 0 Å². The highest BCUT2D eigenvalue weighted by Gasteiger charge is 2.32. The molecule has 0 aromatic rings. The number of carbonyl (C=O) groups is 1. The summed E-state index contributed by atoms with van der Waals surface area (Å²) in [5, 5.41) is 16.7. The first-order valence-electron chi connectivity index (χ1n) is 2.53. The Bertz CT molecular complexity index is 198. The average Bonchev–Trinajstić information content (AvgIpc) is 1.82. The van der Waals surface area contributed by atoms with Crippen molar-refractivity contribution >= 4 is 13.7 Å². The fourth-order valence-corrected chi connectivity index (χ4v) is 0.874. The van der Waals surface area contributed by atoms with E-state index in [2.05, 4.69) is 0 Å². The van der Waals surface area contributed by atoms with Gasteiger partial charge in [-0.25, -0.2) is 4.57 Å². The highest BCUT2D eigenvalue weighted by molar-refractivity contribution is 7.48. The first-order valence-corrected chi connectivity index (χ1v) is 4.10. The van der Waals surface area contributed by atoms with Gasteiger partial charge in [-0.3, -0.25) is 4.79 Å². The predicted octanol–water partition coefficient (Wildman–Crippen LogP) is -0.757. The smallest absolute Gasteiger partial charge is 0.426 e. The third-order valence-corrected chi connectivity index (χ3v) is 1.85. The third kappa shape index (κ3) is 2.96. The van der Waals surface area contributed by atoms with Crippen molar-refractivity contribution in [2.24, 2.45) is 0 Å². The van der Waals surface area contributed by atoms with Gasteiger partial charge in [0.1, 0.15) is 6.04 Å². The third-order valence-electron chi connectivity index (χ3n) is 0.971. The van der Waals surface area contributed by atoms with Gasteiger partial charge < -0.3 is 20.1 Å². The zero-order valence-corrected chi connectivity index (χ0v) is 6.47. The van der Waals surface area contributed by atoms with E-state index in [1.165, 1.54) is 0 Å². The van der Waals surface area contributed by atoms with E-state index in [0.29, 0.717) is 0 Å². The van der Waals surface area contributed by atoms with Crippen LogP contribution >= 0.6 is 7.75 Å². The van der Waals surface area contributed by atoms with Crippen LogP contribution in [0.15, 0.2) is 0 Å². The molecule has 0 saturated carbocycles. The topological polar surface area (TPSA) is 118 Å². The van der Waals surface area contributed by atoms with Gasteiger partial charge in [0.25, 0.3) is 0 Å². The summed E-state index contributed by atoms with van der Waals surface area (Å²) < 4.78 is 10.2. The summed E-state index contributed by atoms with van der Waals surface area (Å²) in [7, 11) is -4.86. The van der Waals surface area contributed by atoms with Crippen LogP contribution in [0.25, 0.3) is 0 Å². The first-order chi connectivity index (χ1) is 4.76. The molecule has 7 nitrogen and oxygen atoms in total. The Balaban J connectivity index is 4.38. The van der Waals surface area contributed by atoms with Crippen LogP contribution in [0.4, 0.5) is 0 Å². The summed E-state index contributed by atoms with van der Waals surface area (Å²) in [4.78, 5) is 26.0. The quantitative estimate of drug-likeness (QED) is 0.337. The lowest BCUT2D eigenvalue weighted by Gasteiger charge is -2.18. The van der Waals surface area contributed by atoms with Crippen LogP contribution in [0.5, 0.6) is 0 Å². The van der Waals surface area contributed by atoms with Crippen LogP contribution in [0, 0.1) is 0 Å². The van der Waals surface area contributed by atoms with Gasteiger partial charge in [0, 0.05) is 0 Å². The summed E-state index contributed by atoms with van der Waals surface area (Å²) in [6.07, 6.45) is 0. The maximum absolute atomic E-state index is 10.2. The van der Waals surface area contributed by atoms with Gasteiger partial charge in [0.15, 0.2) is 0 Å². The van der Waals surface area contributed by atoms with Crippen molar-refractivity contribution < 1.29 is 29.5 Å². The van der Waals surface area contributed by atoms with E-state index >= 15 is 0 Å². The summed E-state index contributed by atoms with van der Waals surface area (Å²) in [6.45, 7) is 0.946. The standard InChI is InChI=1S/C3H8NO6P/c1-2(3(5)6)4(7)11(8,9)10/h2,7H,1H3,(H,5,6)(H2,8,9,10). The minimum Gasteiger partial charge on any atom is -0.480 e. The number of rotatable bonds is 3. The van der Waals surface area contributed by atoms with Gasteiger partial charge in [0.2, 0.25) is 0 Å².